The Kier molecular flexibility index (Phi) is 5.75. The number of nitrogen functional groups attached to an aromatic ring is 1. The maximum atomic E-state index is 11.8. The van der Waals surface area contributed by atoms with Gasteiger partial charge in [-0.15, -0.1) is 0 Å². The molecule has 7 heteroatoms. The van der Waals surface area contributed by atoms with Crippen molar-refractivity contribution in [1.29, 1.82) is 0 Å². The monoisotopic (exact) mass is 285 g/mol. The molecule has 0 bridgehead atoms. The van der Waals surface area contributed by atoms with Crippen LogP contribution in [0.2, 0.25) is 0 Å². The van der Waals surface area contributed by atoms with Crippen LogP contribution in [-0.2, 0) is 15.5 Å². The number of anilines is 2. The minimum absolute atomic E-state index is 0.0739. The van der Waals surface area contributed by atoms with E-state index < -0.39 is 16.8 Å². The summed E-state index contributed by atoms with van der Waals surface area (Å²) in [5.74, 6) is 0.383. The molecule has 0 saturated carbocycles. The van der Waals surface area contributed by atoms with Crippen molar-refractivity contribution in [3.8, 4) is 0 Å². The lowest BCUT2D eigenvalue weighted by Gasteiger charge is -2.15. The largest absolute Gasteiger partial charge is 0.462 e. The van der Waals surface area contributed by atoms with Gasteiger partial charge in [-0.05, 0) is 19.9 Å². The highest BCUT2D eigenvalue weighted by molar-refractivity contribution is 7.84. The maximum absolute atomic E-state index is 11.8. The number of aromatic nitrogens is 1. The molecule has 2 atom stereocenters. The summed E-state index contributed by atoms with van der Waals surface area (Å²) in [6, 6.07) is 1.44. The fraction of sp³-hybridized carbons (Fsp3) is 0.500. The average Bonchev–Trinajstić information content (AvgIpc) is 2.30. The summed E-state index contributed by atoms with van der Waals surface area (Å²) in [7, 11) is -0.926. The molecule has 6 nitrogen and oxygen atoms in total. The third-order valence-electron chi connectivity index (χ3n) is 2.27. The summed E-state index contributed by atoms with van der Waals surface area (Å²) < 4.78 is 16.1. The molecule has 19 heavy (non-hydrogen) atoms. The van der Waals surface area contributed by atoms with Crippen LogP contribution in [-0.4, -0.2) is 39.8 Å². The molecule has 3 N–H and O–H groups in total. The fourth-order valence-electron chi connectivity index (χ4n) is 1.59. The van der Waals surface area contributed by atoms with Crippen LogP contribution in [0, 0.1) is 0 Å². The molecule has 0 amide bonds. The zero-order valence-electron chi connectivity index (χ0n) is 11.3. The van der Waals surface area contributed by atoms with Crippen LogP contribution in [0.4, 0.5) is 11.5 Å². The molecule has 0 radical (unpaired) electrons. The van der Waals surface area contributed by atoms with Gasteiger partial charge < -0.3 is 15.8 Å². The Morgan fingerprint density at radius 2 is 2.32 bits per heavy atom. The number of carbonyl (C=O) groups excluding carboxylic acids is 1. The molecule has 1 aromatic rings. The summed E-state index contributed by atoms with van der Waals surface area (Å²) in [5, 5.41) is 3.05. The lowest BCUT2D eigenvalue weighted by molar-refractivity contribution is 0.0527. The second kappa shape index (κ2) is 7.08. The standard InChI is InChI=1S/C12H19N3O3S/c1-4-18-12(16)10-5-9(13)6-14-11(10)15-8(2)7-19(3)17/h5-6,8H,4,7,13H2,1-3H3,(H,14,15). The van der Waals surface area contributed by atoms with Gasteiger partial charge >= 0.3 is 5.97 Å². The maximum Gasteiger partial charge on any atom is 0.341 e. The van der Waals surface area contributed by atoms with Crippen LogP contribution in [0.15, 0.2) is 12.3 Å². The molecule has 0 aromatic carbocycles. The molecular formula is C12H19N3O3S. The number of nitrogens with two attached hydrogens (primary N) is 1. The number of pyridine rings is 1. The quantitative estimate of drug-likeness (QED) is 0.758. The number of hydrogen-bond donors (Lipinski definition) is 2. The van der Waals surface area contributed by atoms with Gasteiger partial charge in [-0.25, -0.2) is 9.78 Å². The van der Waals surface area contributed by atoms with E-state index >= 15 is 0 Å². The Balaban J connectivity index is 2.93. The lowest BCUT2D eigenvalue weighted by atomic mass is 10.2. The molecule has 0 aliphatic carbocycles. The van der Waals surface area contributed by atoms with Crippen molar-refractivity contribution in [3.63, 3.8) is 0 Å². The molecule has 1 rings (SSSR count). The first-order valence-electron chi connectivity index (χ1n) is 5.93. The normalized spacial score (nSPS) is 13.6. The fourth-order valence-corrected chi connectivity index (χ4v) is 2.37. The molecule has 0 spiro atoms. The summed E-state index contributed by atoms with van der Waals surface area (Å²) >= 11 is 0. The third kappa shape index (κ3) is 4.86. The van der Waals surface area contributed by atoms with Gasteiger partial charge in [-0.1, -0.05) is 0 Å². The Morgan fingerprint density at radius 1 is 1.63 bits per heavy atom. The van der Waals surface area contributed by atoms with E-state index in [0.29, 0.717) is 17.3 Å². The van der Waals surface area contributed by atoms with Crippen molar-refractivity contribution in [1.82, 2.24) is 4.98 Å². The zero-order valence-corrected chi connectivity index (χ0v) is 12.1. The van der Waals surface area contributed by atoms with E-state index in [4.69, 9.17) is 10.5 Å². The lowest BCUT2D eigenvalue weighted by Crippen LogP contribution is -2.24. The van der Waals surface area contributed by atoms with E-state index in [-0.39, 0.29) is 18.2 Å². The number of rotatable bonds is 6. The highest BCUT2D eigenvalue weighted by Crippen LogP contribution is 2.17. The SMILES string of the molecule is CCOC(=O)c1cc(N)cnc1NC(C)CS(C)=O. The van der Waals surface area contributed by atoms with Crippen LogP contribution in [0.25, 0.3) is 0 Å². The van der Waals surface area contributed by atoms with Gasteiger partial charge in [0.15, 0.2) is 0 Å². The first-order chi connectivity index (χ1) is 8.93. The van der Waals surface area contributed by atoms with Crippen LogP contribution in [0.3, 0.4) is 0 Å². The summed E-state index contributed by atoms with van der Waals surface area (Å²) in [6.07, 6.45) is 3.08. The number of esters is 1. The van der Waals surface area contributed by atoms with Gasteiger partial charge in [0, 0.05) is 28.9 Å². The summed E-state index contributed by atoms with van der Waals surface area (Å²) in [6.45, 7) is 3.88. The van der Waals surface area contributed by atoms with Crippen molar-refractivity contribution in [2.75, 3.05) is 29.7 Å². The molecule has 0 aliphatic heterocycles. The molecule has 0 saturated heterocycles. The minimum Gasteiger partial charge on any atom is -0.462 e. The number of ether oxygens (including phenoxy) is 1. The van der Waals surface area contributed by atoms with Gasteiger partial charge in [0.1, 0.15) is 11.4 Å². The van der Waals surface area contributed by atoms with Crippen LogP contribution in [0.5, 0.6) is 0 Å². The number of hydrogen-bond acceptors (Lipinski definition) is 6. The molecule has 2 unspecified atom stereocenters. The summed E-state index contributed by atoms with van der Waals surface area (Å²) in [5.41, 5.74) is 6.30. The highest BCUT2D eigenvalue weighted by Gasteiger charge is 2.16. The minimum atomic E-state index is -0.926. The predicted octanol–water partition coefficient (Wildman–Crippen LogP) is 1.02. The first-order valence-corrected chi connectivity index (χ1v) is 7.66. The Morgan fingerprint density at radius 3 is 2.89 bits per heavy atom. The first kappa shape index (κ1) is 15.4. The van der Waals surface area contributed by atoms with E-state index in [0.717, 1.165) is 0 Å². The van der Waals surface area contributed by atoms with Crippen molar-refractivity contribution in [2.24, 2.45) is 0 Å². The summed E-state index contributed by atoms with van der Waals surface area (Å²) in [4.78, 5) is 15.9. The molecular weight excluding hydrogens is 266 g/mol. The topological polar surface area (TPSA) is 94.3 Å². The van der Waals surface area contributed by atoms with Crippen molar-refractivity contribution < 1.29 is 13.7 Å². The molecule has 0 aliphatic rings. The van der Waals surface area contributed by atoms with Crippen LogP contribution >= 0.6 is 0 Å². The Bertz CT molecular complexity index is 479. The number of nitrogens with one attached hydrogen (secondary N) is 1. The van der Waals surface area contributed by atoms with Gasteiger partial charge in [0.2, 0.25) is 0 Å². The van der Waals surface area contributed by atoms with E-state index in [1.807, 2.05) is 6.92 Å². The zero-order chi connectivity index (χ0) is 14.4. The van der Waals surface area contributed by atoms with Gasteiger partial charge in [-0.3, -0.25) is 4.21 Å². The highest BCUT2D eigenvalue weighted by atomic mass is 32.2. The van der Waals surface area contributed by atoms with E-state index in [2.05, 4.69) is 10.3 Å². The van der Waals surface area contributed by atoms with Crippen molar-refractivity contribution in [2.45, 2.75) is 19.9 Å². The molecule has 106 valence electrons. The van der Waals surface area contributed by atoms with Crippen LogP contribution in [0.1, 0.15) is 24.2 Å². The molecule has 1 heterocycles. The number of nitrogens with zero attached hydrogens (tertiary/aromatic N) is 1. The van der Waals surface area contributed by atoms with E-state index in [9.17, 15) is 9.00 Å². The predicted molar refractivity (Wildman–Crippen MR) is 76.6 cm³/mol. The van der Waals surface area contributed by atoms with Crippen molar-refractivity contribution >= 4 is 28.3 Å². The second-order valence-corrected chi connectivity index (χ2v) is 5.65. The number of carbonyl (C=O) groups is 1. The van der Waals surface area contributed by atoms with Gasteiger partial charge in [0.05, 0.1) is 18.5 Å². The van der Waals surface area contributed by atoms with E-state index in [1.54, 1.807) is 13.2 Å². The van der Waals surface area contributed by atoms with Crippen molar-refractivity contribution in [3.05, 3.63) is 17.8 Å². The third-order valence-corrected chi connectivity index (χ3v) is 3.24. The Labute approximate surface area is 115 Å². The second-order valence-electron chi connectivity index (χ2n) is 4.17. The molecule has 0 fully saturated rings. The average molecular weight is 285 g/mol. The smallest absolute Gasteiger partial charge is 0.341 e. The van der Waals surface area contributed by atoms with Gasteiger partial charge in [-0.2, -0.15) is 0 Å². The van der Waals surface area contributed by atoms with E-state index in [1.165, 1.54) is 12.3 Å². The molecule has 1 aromatic heterocycles. The Hall–Kier alpha value is -1.63. The van der Waals surface area contributed by atoms with Gasteiger partial charge in [0.25, 0.3) is 0 Å². The van der Waals surface area contributed by atoms with Crippen LogP contribution < -0.4 is 11.1 Å².